The second kappa shape index (κ2) is 6.44. The Bertz CT molecular complexity index is 642. The van der Waals surface area contributed by atoms with Gasteiger partial charge in [-0.1, -0.05) is 0 Å². The van der Waals surface area contributed by atoms with Crippen LogP contribution in [0.2, 0.25) is 0 Å². The maximum Gasteiger partial charge on any atom is 0.234 e. The van der Waals surface area contributed by atoms with Crippen LogP contribution in [-0.4, -0.2) is 26.2 Å². The molecule has 0 radical (unpaired) electrons. The predicted octanol–water partition coefficient (Wildman–Crippen LogP) is 2.98. The molecule has 0 atom stereocenters. The molecule has 1 N–H and O–H groups in total. The smallest absolute Gasteiger partial charge is 0.234 e. The summed E-state index contributed by atoms with van der Waals surface area (Å²) in [5, 5.41) is 2.88. The predicted molar refractivity (Wildman–Crippen MR) is 83.1 cm³/mol. The van der Waals surface area contributed by atoms with Gasteiger partial charge in [-0.25, -0.2) is 0 Å². The van der Waals surface area contributed by atoms with Crippen LogP contribution in [0.1, 0.15) is 19.0 Å². The van der Waals surface area contributed by atoms with E-state index in [-0.39, 0.29) is 19.1 Å². The Morgan fingerprint density at radius 2 is 1.91 bits per heavy atom. The van der Waals surface area contributed by atoms with Gasteiger partial charge in [-0.15, -0.1) is 0 Å². The number of carbonyl (C=O) groups excluding carboxylic acids is 1. The molecule has 0 aliphatic carbocycles. The van der Waals surface area contributed by atoms with Crippen LogP contribution in [0.15, 0.2) is 47.1 Å². The summed E-state index contributed by atoms with van der Waals surface area (Å²) >= 11 is 0. The van der Waals surface area contributed by atoms with Gasteiger partial charge in [0.2, 0.25) is 12.2 Å². The quantitative estimate of drug-likeness (QED) is 0.939. The third kappa shape index (κ3) is 3.38. The van der Waals surface area contributed by atoms with Gasteiger partial charge in [0.1, 0.15) is 5.75 Å². The Morgan fingerprint density at radius 3 is 2.48 bits per heavy atom. The molecule has 6 nitrogen and oxygen atoms in total. The molecule has 2 aromatic rings. The zero-order valence-electron chi connectivity index (χ0n) is 13.1. The lowest BCUT2D eigenvalue weighted by atomic mass is 9.90. The third-order valence-electron chi connectivity index (χ3n) is 3.78. The van der Waals surface area contributed by atoms with E-state index in [2.05, 4.69) is 5.32 Å². The monoisotopic (exact) mass is 317 g/mol. The van der Waals surface area contributed by atoms with Crippen LogP contribution >= 0.6 is 0 Å². The highest BCUT2D eigenvalue weighted by Crippen LogP contribution is 2.32. The minimum atomic E-state index is -0.761. The lowest BCUT2D eigenvalue weighted by molar-refractivity contribution is -0.232. The summed E-state index contributed by atoms with van der Waals surface area (Å²) in [5.74, 6) is 1.18. The van der Waals surface area contributed by atoms with Crippen LogP contribution in [0.4, 0.5) is 5.69 Å². The fourth-order valence-corrected chi connectivity index (χ4v) is 2.29. The van der Waals surface area contributed by atoms with E-state index >= 15 is 0 Å². The highest BCUT2D eigenvalue weighted by Gasteiger charge is 2.40. The molecule has 0 unspecified atom stereocenters. The molecule has 1 aromatic carbocycles. The van der Waals surface area contributed by atoms with Crippen molar-refractivity contribution in [1.29, 1.82) is 0 Å². The lowest BCUT2D eigenvalue weighted by Gasteiger charge is -2.35. The minimum absolute atomic E-state index is 0.152. The van der Waals surface area contributed by atoms with Crippen molar-refractivity contribution in [3.05, 3.63) is 48.4 Å². The van der Waals surface area contributed by atoms with Crippen molar-refractivity contribution in [2.24, 2.45) is 5.41 Å². The van der Waals surface area contributed by atoms with E-state index in [1.807, 2.05) is 6.92 Å². The van der Waals surface area contributed by atoms with E-state index < -0.39 is 11.7 Å². The molecule has 1 saturated heterocycles. The molecule has 3 rings (SSSR count). The molecule has 1 amide bonds. The van der Waals surface area contributed by atoms with E-state index in [9.17, 15) is 4.79 Å². The standard InChI is InChI=1S/C17H19NO5/c1-17(10-22-15(23-11-17)14-4-3-9-21-14)16(19)18-12-5-7-13(20-2)8-6-12/h3-9,15H,10-11H2,1-2H3,(H,18,19). The van der Waals surface area contributed by atoms with Gasteiger partial charge in [-0.3, -0.25) is 4.79 Å². The Hall–Kier alpha value is -2.31. The van der Waals surface area contributed by atoms with Crippen LogP contribution in [0.3, 0.4) is 0 Å². The first-order valence-corrected chi connectivity index (χ1v) is 7.33. The fourth-order valence-electron chi connectivity index (χ4n) is 2.29. The van der Waals surface area contributed by atoms with Crippen LogP contribution in [0.25, 0.3) is 0 Å². The van der Waals surface area contributed by atoms with Crippen LogP contribution in [-0.2, 0) is 14.3 Å². The topological polar surface area (TPSA) is 69.9 Å². The first-order valence-electron chi connectivity index (χ1n) is 7.33. The Kier molecular flexibility index (Phi) is 4.36. The maximum absolute atomic E-state index is 12.5. The number of hydrogen-bond donors (Lipinski definition) is 1. The minimum Gasteiger partial charge on any atom is -0.497 e. The van der Waals surface area contributed by atoms with E-state index in [1.54, 1.807) is 49.8 Å². The van der Waals surface area contributed by atoms with Gasteiger partial charge in [-0.05, 0) is 43.3 Å². The SMILES string of the molecule is COc1ccc(NC(=O)C2(C)COC(c3ccco3)OC2)cc1. The Labute approximate surface area is 134 Å². The van der Waals surface area contributed by atoms with Crippen molar-refractivity contribution >= 4 is 11.6 Å². The maximum atomic E-state index is 12.5. The average Bonchev–Trinajstić information content (AvgIpc) is 3.10. The molecule has 6 heteroatoms. The Morgan fingerprint density at radius 1 is 1.22 bits per heavy atom. The van der Waals surface area contributed by atoms with Crippen molar-refractivity contribution < 1.29 is 23.4 Å². The van der Waals surface area contributed by atoms with E-state index in [0.717, 1.165) is 5.75 Å². The van der Waals surface area contributed by atoms with Gasteiger partial charge >= 0.3 is 0 Å². The number of carbonyl (C=O) groups is 1. The molecule has 1 aromatic heterocycles. The van der Waals surface area contributed by atoms with Crippen LogP contribution < -0.4 is 10.1 Å². The molecule has 1 fully saturated rings. The van der Waals surface area contributed by atoms with E-state index in [1.165, 1.54) is 0 Å². The lowest BCUT2D eigenvalue weighted by Crippen LogP contribution is -2.45. The third-order valence-corrected chi connectivity index (χ3v) is 3.78. The molecular formula is C17H19NO5. The summed E-state index contributed by atoms with van der Waals surface area (Å²) in [7, 11) is 1.60. The van der Waals surface area contributed by atoms with Crippen molar-refractivity contribution in [1.82, 2.24) is 0 Å². The molecule has 2 heterocycles. The molecular weight excluding hydrogens is 298 g/mol. The van der Waals surface area contributed by atoms with Crippen molar-refractivity contribution in [3.8, 4) is 5.75 Å². The largest absolute Gasteiger partial charge is 0.497 e. The summed E-state index contributed by atoms with van der Waals surface area (Å²) in [5.41, 5.74) is -0.0616. The zero-order chi connectivity index (χ0) is 16.3. The number of hydrogen-bond acceptors (Lipinski definition) is 5. The number of furan rings is 1. The molecule has 122 valence electrons. The summed E-state index contributed by atoms with van der Waals surface area (Å²) < 4.78 is 21.6. The molecule has 0 bridgehead atoms. The average molecular weight is 317 g/mol. The van der Waals surface area contributed by atoms with Gasteiger partial charge < -0.3 is 23.9 Å². The van der Waals surface area contributed by atoms with Gasteiger partial charge in [0.05, 0.1) is 32.0 Å². The summed E-state index contributed by atoms with van der Waals surface area (Å²) in [6.45, 7) is 2.31. The first kappa shape index (κ1) is 15.6. The molecule has 1 aliphatic rings. The summed E-state index contributed by atoms with van der Waals surface area (Å²) in [6, 6.07) is 10.7. The number of benzene rings is 1. The number of ether oxygens (including phenoxy) is 3. The fraction of sp³-hybridized carbons (Fsp3) is 0.353. The highest BCUT2D eigenvalue weighted by molar-refractivity contribution is 5.95. The normalized spacial score (nSPS) is 24.2. The van der Waals surface area contributed by atoms with Crippen LogP contribution in [0.5, 0.6) is 5.75 Å². The van der Waals surface area contributed by atoms with E-state index in [4.69, 9.17) is 18.6 Å². The molecule has 0 saturated carbocycles. The van der Waals surface area contributed by atoms with Crippen molar-refractivity contribution in [3.63, 3.8) is 0 Å². The number of rotatable bonds is 4. The zero-order valence-corrected chi connectivity index (χ0v) is 13.1. The molecule has 1 aliphatic heterocycles. The summed E-state index contributed by atoms with van der Waals surface area (Å²) in [6.07, 6.45) is 0.999. The van der Waals surface area contributed by atoms with Crippen molar-refractivity contribution in [2.45, 2.75) is 13.2 Å². The summed E-state index contributed by atoms with van der Waals surface area (Å²) in [4.78, 5) is 12.5. The second-order valence-electron chi connectivity index (χ2n) is 5.71. The van der Waals surface area contributed by atoms with Gasteiger partial charge in [0, 0.05) is 5.69 Å². The van der Waals surface area contributed by atoms with Gasteiger partial charge in [-0.2, -0.15) is 0 Å². The van der Waals surface area contributed by atoms with Gasteiger partial charge in [0.15, 0.2) is 5.76 Å². The first-order chi connectivity index (χ1) is 11.1. The number of methoxy groups -OCH3 is 1. The number of nitrogens with one attached hydrogen (secondary N) is 1. The molecule has 23 heavy (non-hydrogen) atoms. The second-order valence-corrected chi connectivity index (χ2v) is 5.71. The van der Waals surface area contributed by atoms with Crippen LogP contribution in [0, 0.1) is 5.41 Å². The number of amides is 1. The molecule has 0 spiro atoms. The van der Waals surface area contributed by atoms with E-state index in [0.29, 0.717) is 11.4 Å². The van der Waals surface area contributed by atoms with Crippen molar-refractivity contribution in [2.75, 3.05) is 25.6 Å². The number of anilines is 1. The van der Waals surface area contributed by atoms with Gasteiger partial charge in [0.25, 0.3) is 0 Å². The Balaban J connectivity index is 1.60. The highest BCUT2D eigenvalue weighted by atomic mass is 16.7.